The van der Waals surface area contributed by atoms with Crippen molar-refractivity contribution in [1.82, 2.24) is 0 Å². The molecule has 0 radical (unpaired) electrons. The molecule has 0 aliphatic carbocycles. The number of carbonyl (C=O) groups is 1. The Kier molecular flexibility index (Phi) is 8.57. The summed E-state index contributed by atoms with van der Waals surface area (Å²) in [6.45, 7) is 3.85. The minimum atomic E-state index is -3.37. The molecule has 0 aliphatic rings. The van der Waals surface area contributed by atoms with Crippen molar-refractivity contribution in [2.75, 3.05) is 19.4 Å². The molecule has 1 unspecified atom stereocenters. The van der Waals surface area contributed by atoms with E-state index in [-0.39, 0.29) is 31.6 Å². The Balaban J connectivity index is 2.41. The second-order valence-electron chi connectivity index (χ2n) is 5.03. The van der Waals surface area contributed by atoms with Crippen molar-refractivity contribution in [3.05, 3.63) is 35.9 Å². The van der Waals surface area contributed by atoms with Gasteiger partial charge in [0.2, 0.25) is 0 Å². The van der Waals surface area contributed by atoms with Crippen LogP contribution in [0.3, 0.4) is 0 Å². The molecule has 0 spiro atoms. The van der Waals surface area contributed by atoms with Crippen LogP contribution in [-0.4, -0.2) is 36.4 Å². The Hall–Kier alpha value is -1.00. The van der Waals surface area contributed by atoms with E-state index < -0.39 is 13.7 Å². The quantitative estimate of drug-likeness (QED) is 0.632. The van der Waals surface area contributed by atoms with Gasteiger partial charge in [0, 0.05) is 6.42 Å². The first-order chi connectivity index (χ1) is 10.5. The molecular formula is C16H25O5P. The molecule has 1 rings (SSSR count). The number of Topliss-reactive ketones (excluding diaryl/α,β-unsaturated/α-hetero) is 1. The summed E-state index contributed by atoms with van der Waals surface area (Å²) in [6.07, 6.45) is 0.130. The third kappa shape index (κ3) is 7.32. The predicted molar refractivity (Wildman–Crippen MR) is 86.1 cm³/mol. The van der Waals surface area contributed by atoms with Gasteiger partial charge in [0.25, 0.3) is 0 Å². The summed E-state index contributed by atoms with van der Waals surface area (Å²) >= 11 is 0. The largest absolute Gasteiger partial charge is 0.393 e. The Morgan fingerprint density at radius 3 is 2.32 bits per heavy atom. The number of aliphatic hydroxyl groups excluding tert-OH is 1. The number of carbonyl (C=O) groups excluding carboxylic acids is 1. The van der Waals surface area contributed by atoms with Crippen molar-refractivity contribution < 1.29 is 23.5 Å². The summed E-state index contributed by atoms with van der Waals surface area (Å²) in [4.78, 5) is 11.9. The molecule has 0 fully saturated rings. The van der Waals surface area contributed by atoms with Crippen LogP contribution in [0.1, 0.15) is 32.3 Å². The van der Waals surface area contributed by atoms with Gasteiger partial charge in [-0.3, -0.25) is 9.36 Å². The third-order valence-electron chi connectivity index (χ3n) is 3.09. The van der Waals surface area contributed by atoms with Crippen LogP contribution in [0.4, 0.5) is 0 Å². The van der Waals surface area contributed by atoms with Gasteiger partial charge in [0.15, 0.2) is 0 Å². The normalized spacial score (nSPS) is 13.0. The lowest BCUT2D eigenvalue weighted by Gasteiger charge is -2.17. The smallest absolute Gasteiger partial charge is 0.338 e. The van der Waals surface area contributed by atoms with E-state index in [2.05, 4.69) is 0 Å². The minimum Gasteiger partial charge on any atom is -0.393 e. The number of benzene rings is 1. The van der Waals surface area contributed by atoms with E-state index in [1.165, 1.54) is 0 Å². The maximum atomic E-state index is 12.2. The molecule has 1 N–H and O–H groups in total. The zero-order valence-corrected chi connectivity index (χ0v) is 14.1. The van der Waals surface area contributed by atoms with E-state index in [0.717, 1.165) is 5.56 Å². The monoisotopic (exact) mass is 328 g/mol. The lowest BCUT2D eigenvalue weighted by Crippen LogP contribution is -2.18. The zero-order valence-electron chi connectivity index (χ0n) is 13.2. The molecule has 0 saturated carbocycles. The maximum Gasteiger partial charge on any atom is 0.338 e. The highest BCUT2D eigenvalue weighted by molar-refractivity contribution is 7.54. The van der Waals surface area contributed by atoms with Crippen molar-refractivity contribution in [2.24, 2.45) is 0 Å². The number of hydrogen-bond acceptors (Lipinski definition) is 5. The van der Waals surface area contributed by atoms with Crippen LogP contribution < -0.4 is 0 Å². The Bertz CT molecular complexity index is 479. The van der Waals surface area contributed by atoms with Crippen LogP contribution in [-0.2, 0) is 24.8 Å². The summed E-state index contributed by atoms with van der Waals surface area (Å²) in [6, 6.07) is 9.77. The van der Waals surface area contributed by atoms with E-state index in [0.29, 0.717) is 12.8 Å². The summed E-state index contributed by atoms with van der Waals surface area (Å²) in [5.41, 5.74) is 1.11. The van der Waals surface area contributed by atoms with Gasteiger partial charge in [0.1, 0.15) is 11.9 Å². The van der Waals surface area contributed by atoms with Crippen LogP contribution in [0, 0.1) is 0 Å². The van der Waals surface area contributed by atoms with E-state index in [1.54, 1.807) is 13.8 Å². The fraction of sp³-hybridized carbons (Fsp3) is 0.562. The number of aliphatic hydroxyl groups is 1. The van der Waals surface area contributed by atoms with Gasteiger partial charge < -0.3 is 14.2 Å². The minimum absolute atomic E-state index is 0.0308. The van der Waals surface area contributed by atoms with Crippen molar-refractivity contribution in [3.63, 3.8) is 0 Å². The van der Waals surface area contributed by atoms with E-state index in [1.807, 2.05) is 30.3 Å². The fourth-order valence-corrected chi connectivity index (χ4v) is 3.75. The molecule has 0 saturated heterocycles. The second kappa shape index (κ2) is 9.90. The van der Waals surface area contributed by atoms with Gasteiger partial charge in [-0.05, 0) is 32.3 Å². The summed E-state index contributed by atoms with van der Waals surface area (Å²) in [5.74, 6) is -0.300. The standard InChI is InChI=1S/C16H25O5P/c1-3-20-22(19,21-4-2)13-16(18)12-15(17)11-10-14-8-6-5-7-9-14/h5-9,15,17H,3-4,10-13H2,1-2H3. The van der Waals surface area contributed by atoms with Crippen LogP contribution in [0.15, 0.2) is 30.3 Å². The molecule has 1 aromatic rings. The maximum absolute atomic E-state index is 12.2. The van der Waals surface area contributed by atoms with E-state index in [9.17, 15) is 14.5 Å². The molecule has 0 amide bonds. The fourth-order valence-electron chi connectivity index (χ4n) is 2.15. The van der Waals surface area contributed by atoms with Crippen molar-refractivity contribution in [2.45, 2.75) is 39.2 Å². The summed E-state index contributed by atoms with van der Waals surface area (Å²) in [7, 11) is -3.37. The van der Waals surface area contributed by atoms with Gasteiger partial charge in [-0.1, -0.05) is 30.3 Å². The first-order valence-corrected chi connectivity index (χ1v) is 9.33. The SMILES string of the molecule is CCOP(=O)(CC(=O)CC(O)CCc1ccccc1)OCC. The molecular weight excluding hydrogens is 303 g/mol. The molecule has 124 valence electrons. The van der Waals surface area contributed by atoms with Gasteiger partial charge in [0.05, 0.1) is 19.3 Å². The first-order valence-electron chi connectivity index (χ1n) is 7.61. The van der Waals surface area contributed by atoms with Gasteiger partial charge in [-0.2, -0.15) is 0 Å². The highest BCUT2D eigenvalue weighted by Gasteiger charge is 2.28. The first kappa shape index (κ1) is 19.0. The van der Waals surface area contributed by atoms with Crippen LogP contribution in [0.5, 0.6) is 0 Å². The molecule has 6 heteroatoms. The Labute approximate surface area is 132 Å². The highest BCUT2D eigenvalue weighted by Crippen LogP contribution is 2.48. The van der Waals surface area contributed by atoms with E-state index >= 15 is 0 Å². The lowest BCUT2D eigenvalue weighted by atomic mass is 10.0. The van der Waals surface area contributed by atoms with Gasteiger partial charge in [-0.15, -0.1) is 0 Å². The third-order valence-corrected chi connectivity index (χ3v) is 5.14. The second-order valence-corrected chi connectivity index (χ2v) is 7.08. The lowest BCUT2D eigenvalue weighted by molar-refractivity contribution is -0.118. The van der Waals surface area contributed by atoms with Gasteiger partial charge in [-0.25, -0.2) is 0 Å². The Morgan fingerprint density at radius 2 is 1.77 bits per heavy atom. The summed E-state index contributed by atoms with van der Waals surface area (Å²) < 4.78 is 22.4. The summed E-state index contributed by atoms with van der Waals surface area (Å²) in [5, 5.41) is 9.95. The molecule has 0 aliphatic heterocycles. The van der Waals surface area contributed by atoms with Crippen molar-refractivity contribution in [1.29, 1.82) is 0 Å². The van der Waals surface area contributed by atoms with Crippen molar-refractivity contribution >= 4 is 13.4 Å². The zero-order chi connectivity index (χ0) is 16.4. The number of hydrogen-bond donors (Lipinski definition) is 1. The molecule has 22 heavy (non-hydrogen) atoms. The van der Waals surface area contributed by atoms with Crippen LogP contribution in [0.2, 0.25) is 0 Å². The predicted octanol–water partition coefficient (Wildman–Crippen LogP) is 3.21. The van der Waals surface area contributed by atoms with E-state index in [4.69, 9.17) is 9.05 Å². The molecule has 0 aromatic heterocycles. The van der Waals surface area contributed by atoms with Crippen molar-refractivity contribution in [3.8, 4) is 0 Å². The average Bonchev–Trinajstić information content (AvgIpc) is 2.46. The average molecular weight is 328 g/mol. The van der Waals surface area contributed by atoms with Gasteiger partial charge >= 0.3 is 7.60 Å². The number of rotatable bonds is 11. The van der Waals surface area contributed by atoms with Crippen LogP contribution in [0.25, 0.3) is 0 Å². The molecule has 5 nitrogen and oxygen atoms in total. The number of aryl methyl sites for hydroxylation is 1. The van der Waals surface area contributed by atoms with Crippen LogP contribution >= 0.6 is 7.60 Å². The Morgan fingerprint density at radius 1 is 1.18 bits per heavy atom. The highest BCUT2D eigenvalue weighted by atomic mass is 31.2. The molecule has 1 atom stereocenters. The molecule has 0 heterocycles. The number of ketones is 1. The topological polar surface area (TPSA) is 72.8 Å². The molecule has 1 aromatic carbocycles. The molecule has 0 bridgehead atoms.